The minimum Gasteiger partial charge on any atom is -0.367 e. The third-order valence-corrected chi connectivity index (χ3v) is 5.05. The summed E-state index contributed by atoms with van der Waals surface area (Å²) in [7, 11) is 1.85. The van der Waals surface area contributed by atoms with Crippen molar-refractivity contribution < 1.29 is 4.79 Å². The number of carbonyl (C=O) groups excluding carboxylic acids is 1. The van der Waals surface area contributed by atoms with Crippen molar-refractivity contribution in [3.05, 3.63) is 54.0 Å². The smallest absolute Gasteiger partial charge is 0.253 e. The Labute approximate surface area is 155 Å². The molecule has 0 bridgehead atoms. The summed E-state index contributed by atoms with van der Waals surface area (Å²) in [5.41, 5.74) is 1.87. The Morgan fingerprint density at radius 2 is 1.85 bits per heavy atom. The Kier molecular flexibility index (Phi) is 6.58. The van der Waals surface area contributed by atoms with Crippen molar-refractivity contribution in [1.29, 1.82) is 0 Å². The molecule has 0 aliphatic heterocycles. The minimum absolute atomic E-state index is 0.0328. The molecular weight excluding hydrogens is 324 g/mol. The second kappa shape index (κ2) is 9.32. The Balaban J connectivity index is 1.58. The first-order valence-electron chi connectivity index (χ1n) is 9.59. The van der Waals surface area contributed by atoms with Crippen molar-refractivity contribution in [2.45, 2.75) is 51.0 Å². The van der Waals surface area contributed by atoms with Crippen LogP contribution in [0.25, 0.3) is 0 Å². The highest BCUT2D eigenvalue weighted by atomic mass is 16.2. The maximum Gasteiger partial charge on any atom is 0.253 e. The SMILES string of the molecule is CN(CCc1ccncc1)C(=O)c1ccnc(NC2CCCCCC2)c1. The lowest BCUT2D eigenvalue weighted by Crippen LogP contribution is -2.29. The molecule has 2 aromatic heterocycles. The van der Waals surface area contributed by atoms with Crippen molar-refractivity contribution in [1.82, 2.24) is 14.9 Å². The van der Waals surface area contributed by atoms with Crippen LogP contribution in [0.15, 0.2) is 42.9 Å². The third-order valence-electron chi connectivity index (χ3n) is 5.05. The van der Waals surface area contributed by atoms with E-state index < -0.39 is 0 Å². The second-order valence-electron chi connectivity index (χ2n) is 7.09. The Morgan fingerprint density at radius 3 is 2.58 bits per heavy atom. The van der Waals surface area contributed by atoms with E-state index in [0.717, 1.165) is 12.2 Å². The molecule has 1 fully saturated rings. The fraction of sp³-hybridized carbons (Fsp3) is 0.476. The molecule has 26 heavy (non-hydrogen) atoms. The summed E-state index contributed by atoms with van der Waals surface area (Å²) in [6, 6.07) is 8.12. The summed E-state index contributed by atoms with van der Waals surface area (Å²) in [6.45, 7) is 0.677. The fourth-order valence-corrected chi connectivity index (χ4v) is 3.44. The lowest BCUT2D eigenvalue weighted by Gasteiger charge is -2.19. The zero-order valence-corrected chi connectivity index (χ0v) is 15.5. The first-order chi connectivity index (χ1) is 12.7. The molecule has 0 aromatic carbocycles. The topological polar surface area (TPSA) is 58.1 Å². The Morgan fingerprint density at radius 1 is 1.12 bits per heavy atom. The molecular formula is C21H28N4O. The number of nitrogens with zero attached hydrogens (tertiary/aromatic N) is 3. The summed E-state index contributed by atoms with van der Waals surface area (Å²) in [5, 5.41) is 3.52. The zero-order valence-electron chi connectivity index (χ0n) is 15.5. The largest absolute Gasteiger partial charge is 0.367 e. The van der Waals surface area contributed by atoms with Crippen LogP contribution in [0.5, 0.6) is 0 Å². The summed E-state index contributed by atoms with van der Waals surface area (Å²) < 4.78 is 0. The van der Waals surface area contributed by atoms with Crippen LogP contribution in [-0.2, 0) is 6.42 Å². The highest BCUT2D eigenvalue weighted by Crippen LogP contribution is 2.21. The number of anilines is 1. The van der Waals surface area contributed by atoms with Crippen LogP contribution in [0.4, 0.5) is 5.82 Å². The van der Waals surface area contributed by atoms with E-state index in [1.54, 1.807) is 29.6 Å². The van der Waals surface area contributed by atoms with Crippen molar-refractivity contribution in [2.75, 3.05) is 18.9 Å². The average Bonchev–Trinajstić information content (AvgIpc) is 2.95. The van der Waals surface area contributed by atoms with Gasteiger partial charge in [-0.2, -0.15) is 0 Å². The molecule has 5 heteroatoms. The molecule has 1 amide bonds. The summed E-state index contributed by atoms with van der Waals surface area (Å²) in [6.07, 6.45) is 13.7. The lowest BCUT2D eigenvalue weighted by atomic mass is 10.1. The summed E-state index contributed by atoms with van der Waals surface area (Å²) >= 11 is 0. The number of hydrogen-bond acceptors (Lipinski definition) is 4. The van der Waals surface area contributed by atoms with Crippen molar-refractivity contribution >= 4 is 11.7 Å². The monoisotopic (exact) mass is 352 g/mol. The standard InChI is InChI=1S/C21H28N4O/c1-25(15-11-17-8-12-22-13-9-17)21(26)18-10-14-23-20(16-18)24-19-6-4-2-3-5-7-19/h8-10,12-14,16,19H,2-7,11,15H2,1H3,(H,23,24). The van der Waals surface area contributed by atoms with Gasteiger partial charge < -0.3 is 10.2 Å². The van der Waals surface area contributed by atoms with Gasteiger partial charge in [-0.25, -0.2) is 4.98 Å². The van der Waals surface area contributed by atoms with Crippen molar-refractivity contribution in [3.8, 4) is 0 Å². The van der Waals surface area contributed by atoms with Crippen LogP contribution in [0.3, 0.4) is 0 Å². The van der Waals surface area contributed by atoms with Crippen LogP contribution in [0.2, 0.25) is 0 Å². The molecule has 138 valence electrons. The van der Waals surface area contributed by atoms with Crippen molar-refractivity contribution in [2.24, 2.45) is 0 Å². The van der Waals surface area contributed by atoms with Gasteiger partial charge in [-0.1, -0.05) is 25.7 Å². The molecule has 0 radical (unpaired) electrons. The van der Waals surface area contributed by atoms with Crippen LogP contribution in [-0.4, -0.2) is 40.4 Å². The minimum atomic E-state index is 0.0328. The molecule has 2 aromatic rings. The van der Waals surface area contributed by atoms with E-state index in [0.29, 0.717) is 18.2 Å². The van der Waals surface area contributed by atoms with Crippen LogP contribution >= 0.6 is 0 Å². The predicted octanol–water partition coefficient (Wildman–Crippen LogP) is 3.93. The molecule has 1 aliphatic carbocycles. The van der Waals surface area contributed by atoms with Gasteiger partial charge in [0.05, 0.1) is 0 Å². The number of amides is 1. The average molecular weight is 352 g/mol. The normalized spacial score (nSPS) is 15.3. The van der Waals surface area contributed by atoms with Crippen LogP contribution in [0.1, 0.15) is 54.4 Å². The number of aromatic nitrogens is 2. The van der Waals surface area contributed by atoms with E-state index in [9.17, 15) is 4.79 Å². The number of rotatable bonds is 6. The molecule has 1 aliphatic rings. The second-order valence-corrected chi connectivity index (χ2v) is 7.09. The van der Waals surface area contributed by atoms with E-state index in [4.69, 9.17) is 0 Å². The molecule has 2 heterocycles. The quantitative estimate of drug-likeness (QED) is 0.801. The van der Waals surface area contributed by atoms with Crippen LogP contribution in [0, 0.1) is 0 Å². The van der Waals surface area contributed by atoms with Crippen LogP contribution < -0.4 is 5.32 Å². The maximum absolute atomic E-state index is 12.7. The van der Waals surface area contributed by atoms with Gasteiger partial charge in [-0.3, -0.25) is 9.78 Å². The van der Waals surface area contributed by atoms with E-state index in [2.05, 4.69) is 15.3 Å². The molecule has 1 saturated carbocycles. The molecule has 0 saturated heterocycles. The van der Waals surface area contributed by atoms with Crippen molar-refractivity contribution in [3.63, 3.8) is 0 Å². The van der Waals surface area contributed by atoms with Gasteiger partial charge in [-0.15, -0.1) is 0 Å². The number of carbonyl (C=O) groups is 1. The van der Waals surface area contributed by atoms with E-state index >= 15 is 0 Å². The number of pyridine rings is 2. The van der Waals surface area contributed by atoms with E-state index in [-0.39, 0.29) is 5.91 Å². The molecule has 0 unspecified atom stereocenters. The highest BCUT2D eigenvalue weighted by Gasteiger charge is 2.15. The molecule has 0 spiro atoms. The van der Waals surface area contributed by atoms with Gasteiger partial charge in [0.25, 0.3) is 5.91 Å². The third kappa shape index (κ3) is 5.28. The van der Waals surface area contributed by atoms with Gasteiger partial charge in [0.15, 0.2) is 0 Å². The molecule has 0 atom stereocenters. The summed E-state index contributed by atoms with van der Waals surface area (Å²) in [4.78, 5) is 22.9. The first-order valence-corrected chi connectivity index (χ1v) is 9.59. The fourth-order valence-electron chi connectivity index (χ4n) is 3.44. The molecule has 5 nitrogen and oxygen atoms in total. The number of nitrogens with one attached hydrogen (secondary N) is 1. The van der Waals surface area contributed by atoms with Gasteiger partial charge in [-0.05, 0) is 49.1 Å². The summed E-state index contributed by atoms with van der Waals surface area (Å²) in [5.74, 6) is 0.843. The van der Waals surface area contributed by atoms with Gasteiger partial charge in [0.2, 0.25) is 0 Å². The number of likely N-dealkylation sites (N-methyl/N-ethyl adjacent to an activating group) is 1. The van der Waals surface area contributed by atoms with Gasteiger partial charge in [0, 0.05) is 43.8 Å². The maximum atomic E-state index is 12.7. The first kappa shape index (κ1) is 18.4. The molecule has 3 rings (SSSR count). The van der Waals surface area contributed by atoms with Gasteiger partial charge in [0.1, 0.15) is 5.82 Å². The predicted molar refractivity (Wildman–Crippen MR) is 104 cm³/mol. The van der Waals surface area contributed by atoms with Gasteiger partial charge >= 0.3 is 0 Å². The zero-order chi connectivity index (χ0) is 18.2. The number of hydrogen-bond donors (Lipinski definition) is 1. The highest BCUT2D eigenvalue weighted by molar-refractivity contribution is 5.94. The van der Waals surface area contributed by atoms with E-state index in [1.807, 2.05) is 25.2 Å². The Bertz CT molecular complexity index is 696. The van der Waals surface area contributed by atoms with E-state index in [1.165, 1.54) is 44.1 Å². The molecule has 1 N–H and O–H groups in total. The lowest BCUT2D eigenvalue weighted by molar-refractivity contribution is 0.0796. The Hall–Kier alpha value is -2.43.